The third kappa shape index (κ3) is 3.15. The van der Waals surface area contributed by atoms with E-state index in [1.165, 1.54) is 17.7 Å². The summed E-state index contributed by atoms with van der Waals surface area (Å²) in [5.41, 5.74) is 8.86. The quantitative estimate of drug-likeness (QED) is 0.662. The third-order valence-electron chi connectivity index (χ3n) is 3.23. The van der Waals surface area contributed by atoms with Gasteiger partial charge in [0.2, 0.25) is 0 Å². The lowest BCUT2D eigenvalue weighted by Crippen LogP contribution is -2.15. The Hall–Kier alpha value is -2.36. The summed E-state index contributed by atoms with van der Waals surface area (Å²) in [7, 11) is 0. The Balaban J connectivity index is 2.18. The van der Waals surface area contributed by atoms with Crippen LogP contribution < -0.4 is 10.5 Å². The maximum absolute atomic E-state index is 13.2. The summed E-state index contributed by atoms with van der Waals surface area (Å²) >= 11 is 0. The van der Waals surface area contributed by atoms with Gasteiger partial charge in [0.1, 0.15) is 24.0 Å². The number of ether oxygens (including phenoxy) is 1. The Morgan fingerprint density at radius 2 is 1.90 bits per heavy atom. The van der Waals surface area contributed by atoms with Crippen LogP contribution in [0.5, 0.6) is 5.75 Å². The Morgan fingerprint density at radius 3 is 2.55 bits per heavy atom. The number of hydrogen-bond donors (Lipinski definition) is 2. The van der Waals surface area contributed by atoms with Gasteiger partial charge in [-0.3, -0.25) is 5.41 Å². The average Bonchev–Trinajstić information content (AvgIpc) is 2.41. The molecule has 2 rings (SSSR count). The number of nitrogens with one attached hydrogen (secondary N) is 1. The first kappa shape index (κ1) is 14.1. The number of amidine groups is 1. The zero-order valence-electron chi connectivity index (χ0n) is 11.5. The van der Waals surface area contributed by atoms with E-state index in [1.54, 1.807) is 6.07 Å². The first-order chi connectivity index (χ1) is 9.47. The predicted octanol–water partition coefficient (Wildman–Crippen LogP) is 3.31. The topological polar surface area (TPSA) is 59.1 Å². The minimum atomic E-state index is -0.412. The minimum absolute atomic E-state index is 0.164. The molecule has 20 heavy (non-hydrogen) atoms. The van der Waals surface area contributed by atoms with Crippen molar-refractivity contribution in [2.24, 2.45) is 5.73 Å². The molecule has 104 valence electrons. The molecule has 0 aliphatic rings. The summed E-state index contributed by atoms with van der Waals surface area (Å²) in [5.74, 6) is 0.167. The first-order valence-electron chi connectivity index (χ1n) is 6.30. The van der Waals surface area contributed by atoms with Gasteiger partial charge >= 0.3 is 0 Å². The van der Waals surface area contributed by atoms with Crippen molar-refractivity contribution < 1.29 is 9.13 Å². The molecule has 0 aliphatic carbocycles. The molecular weight excluding hydrogens is 255 g/mol. The summed E-state index contributed by atoms with van der Waals surface area (Å²) in [6, 6.07) is 10.0. The van der Waals surface area contributed by atoms with Crippen molar-refractivity contribution >= 4 is 5.84 Å². The number of rotatable bonds is 4. The molecular formula is C16H17FN2O. The zero-order chi connectivity index (χ0) is 14.7. The highest BCUT2D eigenvalue weighted by Gasteiger charge is 2.08. The fourth-order valence-electron chi connectivity index (χ4n) is 1.89. The normalized spacial score (nSPS) is 10.3. The van der Waals surface area contributed by atoms with Crippen molar-refractivity contribution in [1.82, 2.24) is 0 Å². The molecule has 0 fully saturated rings. The minimum Gasteiger partial charge on any atom is -0.489 e. The second kappa shape index (κ2) is 5.74. The van der Waals surface area contributed by atoms with Gasteiger partial charge in [-0.05, 0) is 49.2 Å². The molecule has 0 aromatic heterocycles. The molecule has 0 amide bonds. The van der Waals surface area contributed by atoms with Crippen LogP contribution in [0.15, 0.2) is 36.4 Å². The highest BCUT2D eigenvalue weighted by molar-refractivity contribution is 5.96. The molecule has 0 atom stereocenters. The number of nitrogens with two attached hydrogens (primary N) is 1. The van der Waals surface area contributed by atoms with Gasteiger partial charge in [0, 0.05) is 11.1 Å². The van der Waals surface area contributed by atoms with Crippen LogP contribution in [0.25, 0.3) is 0 Å². The van der Waals surface area contributed by atoms with Crippen molar-refractivity contribution in [3.05, 3.63) is 64.5 Å². The standard InChI is InChI=1S/C16H17FN2O/c1-10-3-6-14(7-11(10)2)20-9-12-4-5-13(17)8-15(12)16(18)19/h3-8H,9H2,1-2H3,(H3,18,19). The van der Waals surface area contributed by atoms with Gasteiger partial charge in [-0.1, -0.05) is 12.1 Å². The highest BCUT2D eigenvalue weighted by atomic mass is 19.1. The van der Waals surface area contributed by atoms with Gasteiger partial charge in [0.25, 0.3) is 0 Å². The van der Waals surface area contributed by atoms with E-state index in [2.05, 4.69) is 0 Å². The van der Waals surface area contributed by atoms with Crippen molar-refractivity contribution in [3.63, 3.8) is 0 Å². The lowest BCUT2D eigenvalue weighted by atomic mass is 10.1. The smallest absolute Gasteiger partial charge is 0.123 e. The monoisotopic (exact) mass is 272 g/mol. The van der Waals surface area contributed by atoms with E-state index in [-0.39, 0.29) is 12.4 Å². The Kier molecular flexibility index (Phi) is 4.03. The molecule has 0 saturated heterocycles. The SMILES string of the molecule is Cc1ccc(OCc2ccc(F)cc2C(=N)N)cc1C. The van der Waals surface area contributed by atoms with Crippen LogP contribution in [0.3, 0.4) is 0 Å². The van der Waals surface area contributed by atoms with E-state index in [4.69, 9.17) is 15.9 Å². The van der Waals surface area contributed by atoms with Crippen molar-refractivity contribution in [2.75, 3.05) is 0 Å². The molecule has 0 heterocycles. The van der Waals surface area contributed by atoms with Gasteiger partial charge in [-0.2, -0.15) is 0 Å². The van der Waals surface area contributed by atoms with Crippen molar-refractivity contribution in [1.29, 1.82) is 5.41 Å². The molecule has 2 aromatic carbocycles. The van der Waals surface area contributed by atoms with Gasteiger partial charge in [-0.15, -0.1) is 0 Å². The molecule has 0 saturated carbocycles. The fraction of sp³-hybridized carbons (Fsp3) is 0.188. The summed E-state index contributed by atoms with van der Waals surface area (Å²) in [5, 5.41) is 7.47. The molecule has 2 aromatic rings. The number of nitrogen functional groups attached to an aromatic ring is 1. The number of benzene rings is 2. The van der Waals surface area contributed by atoms with E-state index in [0.717, 1.165) is 11.3 Å². The molecule has 3 N–H and O–H groups in total. The van der Waals surface area contributed by atoms with E-state index < -0.39 is 5.82 Å². The van der Waals surface area contributed by atoms with Crippen LogP contribution in [0.2, 0.25) is 0 Å². The lowest BCUT2D eigenvalue weighted by Gasteiger charge is -2.11. The molecule has 0 bridgehead atoms. The van der Waals surface area contributed by atoms with Crippen LogP contribution in [0.1, 0.15) is 22.3 Å². The maximum atomic E-state index is 13.2. The second-order valence-electron chi connectivity index (χ2n) is 4.75. The highest BCUT2D eigenvalue weighted by Crippen LogP contribution is 2.19. The second-order valence-corrected chi connectivity index (χ2v) is 4.75. The van der Waals surface area contributed by atoms with E-state index in [9.17, 15) is 4.39 Å². The lowest BCUT2D eigenvalue weighted by molar-refractivity contribution is 0.305. The van der Waals surface area contributed by atoms with Crippen LogP contribution in [0, 0.1) is 25.1 Å². The van der Waals surface area contributed by atoms with Crippen LogP contribution in [-0.2, 0) is 6.61 Å². The summed E-state index contributed by atoms with van der Waals surface area (Å²) < 4.78 is 18.9. The summed E-state index contributed by atoms with van der Waals surface area (Å²) in [6.07, 6.45) is 0. The van der Waals surface area contributed by atoms with E-state index in [0.29, 0.717) is 11.1 Å². The van der Waals surface area contributed by atoms with Gasteiger partial charge < -0.3 is 10.5 Å². The molecule has 0 radical (unpaired) electrons. The maximum Gasteiger partial charge on any atom is 0.123 e. The Bertz CT molecular complexity index is 653. The predicted molar refractivity (Wildman–Crippen MR) is 77.7 cm³/mol. The number of aryl methyl sites for hydroxylation is 2. The Morgan fingerprint density at radius 1 is 1.15 bits per heavy atom. The average molecular weight is 272 g/mol. The summed E-state index contributed by atoms with van der Waals surface area (Å²) in [4.78, 5) is 0. The molecule has 0 spiro atoms. The largest absolute Gasteiger partial charge is 0.489 e. The van der Waals surface area contributed by atoms with Crippen LogP contribution in [0.4, 0.5) is 4.39 Å². The van der Waals surface area contributed by atoms with Crippen LogP contribution >= 0.6 is 0 Å². The number of hydrogen-bond acceptors (Lipinski definition) is 2. The van der Waals surface area contributed by atoms with E-state index >= 15 is 0 Å². The molecule has 0 unspecified atom stereocenters. The van der Waals surface area contributed by atoms with Gasteiger partial charge in [-0.25, -0.2) is 4.39 Å². The zero-order valence-corrected chi connectivity index (χ0v) is 11.5. The van der Waals surface area contributed by atoms with Crippen molar-refractivity contribution in [2.45, 2.75) is 20.5 Å². The molecule has 4 heteroatoms. The summed E-state index contributed by atoms with van der Waals surface area (Å²) in [6.45, 7) is 4.30. The molecule has 0 aliphatic heterocycles. The number of halogens is 1. The Labute approximate surface area is 117 Å². The van der Waals surface area contributed by atoms with Gasteiger partial charge in [0.15, 0.2) is 0 Å². The van der Waals surface area contributed by atoms with Crippen LogP contribution in [-0.4, -0.2) is 5.84 Å². The third-order valence-corrected chi connectivity index (χ3v) is 3.23. The first-order valence-corrected chi connectivity index (χ1v) is 6.30. The molecule has 3 nitrogen and oxygen atoms in total. The van der Waals surface area contributed by atoms with E-state index in [1.807, 2.05) is 32.0 Å². The van der Waals surface area contributed by atoms with Crippen molar-refractivity contribution in [3.8, 4) is 5.75 Å². The van der Waals surface area contributed by atoms with Gasteiger partial charge in [0.05, 0.1) is 0 Å². The fourth-order valence-corrected chi connectivity index (χ4v) is 1.89.